The molecule has 0 aliphatic heterocycles. The van der Waals surface area contributed by atoms with E-state index in [-0.39, 0.29) is 0 Å². The molecule has 0 atom stereocenters. The minimum Gasteiger partial charge on any atom is -0.254 e. The van der Waals surface area contributed by atoms with Crippen LogP contribution < -0.4 is 0 Å². The summed E-state index contributed by atoms with van der Waals surface area (Å²) in [5, 5.41) is 0. The summed E-state index contributed by atoms with van der Waals surface area (Å²) < 4.78 is 0. The van der Waals surface area contributed by atoms with Crippen LogP contribution >= 0.6 is 0 Å². The van der Waals surface area contributed by atoms with Gasteiger partial charge in [-0.1, -0.05) is 48.0 Å². The molecule has 0 spiro atoms. The van der Waals surface area contributed by atoms with Gasteiger partial charge in [0.25, 0.3) is 0 Å². The average molecular weight is 236 g/mol. The predicted molar refractivity (Wildman–Crippen MR) is 75.6 cm³/mol. The molecule has 0 amide bonds. The molecule has 0 saturated heterocycles. The highest BCUT2D eigenvalue weighted by Crippen LogP contribution is 2.18. The minimum atomic E-state index is 0.471. The quantitative estimate of drug-likeness (QED) is 0.772. The Balaban J connectivity index is 0.00000121. The first-order valence-corrected chi connectivity index (χ1v) is 6.96. The fraction of sp³-hybridized carbons (Fsp3) is 0.733. The summed E-state index contributed by atoms with van der Waals surface area (Å²) in [5.74, 6) is 0.471. The summed E-state index contributed by atoms with van der Waals surface area (Å²) in [6, 6.07) is 0. The van der Waals surface area contributed by atoms with Gasteiger partial charge < -0.3 is 0 Å². The van der Waals surface area contributed by atoms with Crippen molar-refractivity contribution in [3.63, 3.8) is 0 Å². The van der Waals surface area contributed by atoms with E-state index in [4.69, 9.17) is 4.98 Å². The van der Waals surface area contributed by atoms with Gasteiger partial charge in [-0.05, 0) is 25.7 Å². The van der Waals surface area contributed by atoms with Gasteiger partial charge in [0.1, 0.15) is 0 Å². The van der Waals surface area contributed by atoms with Crippen LogP contribution in [0.2, 0.25) is 0 Å². The molecule has 0 saturated carbocycles. The summed E-state index contributed by atoms with van der Waals surface area (Å²) in [4.78, 5) is 9.44. The number of aryl methyl sites for hydroxylation is 3. The van der Waals surface area contributed by atoms with Crippen LogP contribution in [0.3, 0.4) is 0 Å². The van der Waals surface area contributed by atoms with E-state index in [1.165, 1.54) is 11.4 Å². The van der Waals surface area contributed by atoms with E-state index in [9.17, 15) is 0 Å². The lowest BCUT2D eigenvalue weighted by molar-refractivity contribution is 0.742. The summed E-state index contributed by atoms with van der Waals surface area (Å²) in [7, 11) is 0. The van der Waals surface area contributed by atoms with Crippen molar-refractivity contribution >= 4 is 0 Å². The van der Waals surface area contributed by atoms with Gasteiger partial charge in [0, 0.05) is 0 Å². The highest BCUT2D eigenvalue weighted by Gasteiger charge is 2.11. The first-order chi connectivity index (χ1) is 8.10. The van der Waals surface area contributed by atoms with E-state index in [1.54, 1.807) is 0 Å². The Morgan fingerprint density at radius 3 is 2.00 bits per heavy atom. The van der Waals surface area contributed by atoms with Gasteiger partial charge in [-0.3, -0.25) is 9.97 Å². The third kappa shape index (κ3) is 4.45. The van der Waals surface area contributed by atoms with Crippen LogP contribution in [0.25, 0.3) is 0 Å². The lowest BCUT2D eigenvalue weighted by Crippen LogP contribution is -2.08. The molecule has 2 nitrogen and oxygen atoms in total. The maximum absolute atomic E-state index is 4.77. The molecule has 1 aromatic heterocycles. The van der Waals surface area contributed by atoms with E-state index in [0.29, 0.717) is 5.92 Å². The predicted octanol–water partition coefficient (Wildman–Crippen LogP) is 4.45. The number of nitrogens with zero attached hydrogens (tertiary/aromatic N) is 2. The van der Waals surface area contributed by atoms with E-state index < -0.39 is 0 Å². The molecule has 1 rings (SSSR count). The second-order valence-corrected chi connectivity index (χ2v) is 4.35. The zero-order valence-electron chi connectivity index (χ0n) is 12.6. The summed E-state index contributed by atoms with van der Waals surface area (Å²) in [6.45, 7) is 14.8. The van der Waals surface area contributed by atoms with Gasteiger partial charge in [-0.2, -0.15) is 0 Å². The molecule has 1 heterocycles. The van der Waals surface area contributed by atoms with Crippen LogP contribution in [0.4, 0.5) is 0 Å². The van der Waals surface area contributed by atoms with Crippen molar-refractivity contribution in [1.82, 2.24) is 9.97 Å². The molecule has 0 unspecified atom stereocenters. The minimum absolute atomic E-state index is 0.471. The molecule has 2 heteroatoms. The Kier molecular flexibility index (Phi) is 7.77. The third-order valence-electron chi connectivity index (χ3n) is 2.63. The molecular weight excluding hydrogens is 208 g/mol. The first kappa shape index (κ1) is 16.1. The maximum atomic E-state index is 4.77. The van der Waals surface area contributed by atoms with Gasteiger partial charge in [-0.25, -0.2) is 0 Å². The molecule has 0 radical (unpaired) electrons. The second kappa shape index (κ2) is 8.21. The zero-order valence-corrected chi connectivity index (χ0v) is 12.6. The summed E-state index contributed by atoms with van der Waals surface area (Å²) in [6.07, 6.45) is 3.18. The lowest BCUT2D eigenvalue weighted by atomic mass is 10.1. The van der Waals surface area contributed by atoms with Gasteiger partial charge in [0.05, 0.1) is 22.8 Å². The van der Waals surface area contributed by atoms with Crippen molar-refractivity contribution in [2.75, 3.05) is 0 Å². The van der Waals surface area contributed by atoms with Crippen LogP contribution in [-0.4, -0.2) is 9.97 Å². The SMILES string of the molecule is CC.CCCc1nc(C(C)C)c(C)nc1CC. The van der Waals surface area contributed by atoms with Crippen molar-refractivity contribution in [2.24, 2.45) is 0 Å². The molecule has 0 fully saturated rings. The van der Waals surface area contributed by atoms with Gasteiger partial charge >= 0.3 is 0 Å². The Labute approximate surface area is 107 Å². The van der Waals surface area contributed by atoms with Crippen molar-refractivity contribution < 1.29 is 0 Å². The molecule has 0 aromatic carbocycles. The fourth-order valence-corrected chi connectivity index (χ4v) is 1.88. The first-order valence-electron chi connectivity index (χ1n) is 6.96. The molecule has 0 aliphatic rings. The van der Waals surface area contributed by atoms with Crippen molar-refractivity contribution in [2.45, 2.75) is 73.6 Å². The molecular formula is C15H28N2. The topological polar surface area (TPSA) is 25.8 Å². The lowest BCUT2D eigenvalue weighted by Gasteiger charge is -2.13. The van der Waals surface area contributed by atoms with Crippen molar-refractivity contribution in [3.8, 4) is 0 Å². The van der Waals surface area contributed by atoms with E-state index >= 15 is 0 Å². The van der Waals surface area contributed by atoms with E-state index in [1.807, 2.05) is 13.8 Å². The van der Waals surface area contributed by atoms with Gasteiger partial charge in [-0.15, -0.1) is 0 Å². The highest BCUT2D eigenvalue weighted by atomic mass is 14.8. The Bertz CT molecular complexity index is 330. The number of rotatable bonds is 4. The molecule has 17 heavy (non-hydrogen) atoms. The molecule has 1 aromatic rings. The second-order valence-electron chi connectivity index (χ2n) is 4.35. The highest BCUT2D eigenvalue weighted by molar-refractivity contribution is 5.22. The summed E-state index contributed by atoms with van der Waals surface area (Å²) >= 11 is 0. The van der Waals surface area contributed by atoms with E-state index in [2.05, 4.69) is 39.6 Å². The third-order valence-corrected chi connectivity index (χ3v) is 2.63. The fourth-order valence-electron chi connectivity index (χ4n) is 1.88. The largest absolute Gasteiger partial charge is 0.254 e. The Morgan fingerprint density at radius 1 is 1.00 bits per heavy atom. The van der Waals surface area contributed by atoms with Crippen LogP contribution in [0.1, 0.15) is 76.7 Å². The normalized spacial score (nSPS) is 10.1. The van der Waals surface area contributed by atoms with Crippen LogP contribution in [0, 0.1) is 6.92 Å². The van der Waals surface area contributed by atoms with Gasteiger partial charge in [0.15, 0.2) is 0 Å². The molecule has 0 aliphatic carbocycles. The molecule has 98 valence electrons. The van der Waals surface area contributed by atoms with Crippen LogP contribution in [0.15, 0.2) is 0 Å². The van der Waals surface area contributed by atoms with E-state index in [0.717, 1.165) is 30.7 Å². The number of aromatic nitrogens is 2. The average Bonchev–Trinajstić information content (AvgIpc) is 2.33. The maximum Gasteiger partial charge on any atom is 0.0644 e. The van der Waals surface area contributed by atoms with Crippen LogP contribution in [-0.2, 0) is 12.8 Å². The Hall–Kier alpha value is -0.920. The Morgan fingerprint density at radius 2 is 1.59 bits per heavy atom. The molecule has 0 N–H and O–H groups in total. The molecule has 0 bridgehead atoms. The van der Waals surface area contributed by atoms with Gasteiger partial charge in [0.2, 0.25) is 0 Å². The standard InChI is InChI=1S/C13H22N2.C2H6/c1-6-8-12-11(7-2)14-10(5)13(15-12)9(3)4;1-2/h9H,6-8H2,1-5H3;1-2H3. The van der Waals surface area contributed by atoms with Crippen molar-refractivity contribution in [3.05, 3.63) is 22.8 Å². The zero-order chi connectivity index (χ0) is 13.4. The number of hydrogen-bond donors (Lipinski definition) is 0. The number of hydrogen-bond acceptors (Lipinski definition) is 2. The van der Waals surface area contributed by atoms with Crippen molar-refractivity contribution in [1.29, 1.82) is 0 Å². The summed E-state index contributed by atoms with van der Waals surface area (Å²) in [5.41, 5.74) is 4.64. The van der Waals surface area contributed by atoms with Crippen LogP contribution in [0.5, 0.6) is 0 Å². The smallest absolute Gasteiger partial charge is 0.0644 e. The monoisotopic (exact) mass is 236 g/mol.